The van der Waals surface area contributed by atoms with Gasteiger partial charge in [-0.25, -0.2) is 4.79 Å². The van der Waals surface area contributed by atoms with Gasteiger partial charge in [-0.05, 0) is 25.5 Å². The lowest BCUT2D eigenvalue weighted by Crippen LogP contribution is -2.43. The standard InChI is InChI=1S/C14H17ClN2O4/c1-21-12-7-11(9(15)6-8(12)14(19)20)17-13(18)10-4-2-3-5-16-10/h6-7,10,16H,2-5H2,1H3,(H,17,18)(H,19,20). The number of aromatic carboxylic acids is 1. The van der Waals surface area contributed by atoms with E-state index in [0.29, 0.717) is 5.69 Å². The number of benzene rings is 1. The third-order valence-corrected chi connectivity index (χ3v) is 3.72. The van der Waals surface area contributed by atoms with E-state index in [2.05, 4.69) is 10.6 Å². The van der Waals surface area contributed by atoms with Crippen molar-refractivity contribution in [3.05, 3.63) is 22.7 Å². The fraction of sp³-hybridized carbons (Fsp3) is 0.429. The third-order valence-electron chi connectivity index (χ3n) is 3.40. The summed E-state index contributed by atoms with van der Waals surface area (Å²) in [6.45, 7) is 0.813. The van der Waals surface area contributed by atoms with E-state index in [1.165, 1.54) is 19.2 Å². The molecule has 1 aromatic rings. The second-order valence-corrected chi connectivity index (χ2v) is 5.24. The number of carboxylic acids is 1. The maximum Gasteiger partial charge on any atom is 0.339 e. The minimum absolute atomic E-state index is 0.0451. The van der Waals surface area contributed by atoms with Crippen molar-refractivity contribution in [2.75, 3.05) is 19.0 Å². The number of halogens is 1. The molecule has 0 saturated carbocycles. The largest absolute Gasteiger partial charge is 0.496 e. The van der Waals surface area contributed by atoms with Crippen LogP contribution in [0.2, 0.25) is 5.02 Å². The van der Waals surface area contributed by atoms with Crippen molar-refractivity contribution in [3.8, 4) is 5.75 Å². The number of hydrogen-bond donors (Lipinski definition) is 3. The van der Waals surface area contributed by atoms with E-state index in [0.717, 1.165) is 25.8 Å². The van der Waals surface area contributed by atoms with Gasteiger partial charge in [0.05, 0.1) is 23.9 Å². The van der Waals surface area contributed by atoms with Crippen molar-refractivity contribution in [1.82, 2.24) is 5.32 Å². The Hall–Kier alpha value is -1.79. The molecule has 1 aliphatic heterocycles. The number of hydrogen-bond acceptors (Lipinski definition) is 4. The van der Waals surface area contributed by atoms with Crippen molar-refractivity contribution in [2.24, 2.45) is 0 Å². The molecule has 0 bridgehead atoms. The summed E-state index contributed by atoms with van der Waals surface area (Å²) >= 11 is 6.03. The van der Waals surface area contributed by atoms with Gasteiger partial charge in [-0.15, -0.1) is 0 Å². The molecule has 1 saturated heterocycles. The summed E-state index contributed by atoms with van der Waals surface area (Å²) in [5.41, 5.74) is 0.298. The maximum atomic E-state index is 12.1. The van der Waals surface area contributed by atoms with Gasteiger partial charge in [0, 0.05) is 6.07 Å². The third kappa shape index (κ3) is 3.65. The van der Waals surface area contributed by atoms with Crippen LogP contribution in [0.15, 0.2) is 12.1 Å². The first kappa shape index (κ1) is 15.6. The van der Waals surface area contributed by atoms with Gasteiger partial charge in [0.15, 0.2) is 0 Å². The van der Waals surface area contributed by atoms with Crippen LogP contribution in [0, 0.1) is 0 Å². The number of nitrogens with one attached hydrogen (secondary N) is 2. The fourth-order valence-electron chi connectivity index (χ4n) is 2.28. The van der Waals surface area contributed by atoms with E-state index in [4.69, 9.17) is 21.4 Å². The Bertz CT molecular complexity index is 556. The molecular formula is C14H17ClN2O4. The summed E-state index contributed by atoms with van der Waals surface area (Å²) in [5, 5.41) is 15.1. The topological polar surface area (TPSA) is 87.7 Å². The molecule has 1 heterocycles. The van der Waals surface area contributed by atoms with Crippen LogP contribution >= 0.6 is 11.6 Å². The van der Waals surface area contributed by atoms with Gasteiger partial charge in [-0.3, -0.25) is 4.79 Å². The van der Waals surface area contributed by atoms with Gasteiger partial charge in [0.1, 0.15) is 11.3 Å². The first-order chi connectivity index (χ1) is 10.0. The number of ether oxygens (including phenoxy) is 1. The molecule has 3 N–H and O–H groups in total. The predicted molar refractivity (Wildman–Crippen MR) is 79.2 cm³/mol. The summed E-state index contributed by atoms with van der Waals surface area (Å²) in [5.74, 6) is -1.17. The molecule has 1 aliphatic rings. The number of carbonyl (C=O) groups is 2. The molecule has 0 aromatic heterocycles. The predicted octanol–water partition coefficient (Wildman–Crippen LogP) is 2.13. The number of carboxylic acid groups (broad SMARTS) is 1. The van der Waals surface area contributed by atoms with Gasteiger partial charge < -0.3 is 20.5 Å². The second kappa shape index (κ2) is 6.78. The number of methoxy groups -OCH3 is 1. The van der Waals surface area contributed by atoms with Crippen LogP contribution in [0.25, 0.3) is 0 Å². The molecule has 7 heteroatoms. The Balaban J connectivity index is 2.19. The molecule has 0 aliphatic carbocycles. The zero-order valence-electron chi connectivity index (χ0n) is 11.6. The highest BCUT2D eigenvalue weighted by Gasteiger charge is 2.22. The van der Waals surface area contributed by atoms with Gasteiger partial charge in [0.25, 0.3) is 0 Å². The zero-order valence-corrected chi connectivity index (χ0v) is 12.4. The lowest BCUT2D eigenvalue weighted by Gasteiger charge is -2.23. The fourth-order valence-corrected chi connectivity index (χ4v) is 2.49. The Morgan fingerprint density at radius 2 is 2.19 bits per heavy atom. The molecule has 0 radical (unpaired) electrons. The minimum atomic E-state index is -1.14. The molecular weight excluding hydrogens is 296 g/mol. The molecule has 1 unspecified atom stereocenters. The SMILES string of the molecule is COc1cc(NC(=O)C2CCCCN2)c(Cl)cc1C(=O)O. The van der Waals surface area contributed by atoms with Gasteiger partial charge in [-0.2, -0.15) is 0 Å². The zero-order chi connectivity index (χ0) is 15.4. The first-order valence-corrected chi connectivity index (χ1v) is 7.06. The number of piperidine rings is 1. The van der Waals surface area contributed by atoms with Crippen molar-refractivity contribution < 1.29 is 19.4 Å². The van der Waals surface area contributed by atoms with Crippen LogP contribution < -0.4 is 15.4 Å². The van der Waals surface area contributed by atoms with Crippen molar-refractivity contribution in [2.45, 2.75) is 25.3 Å². The molecule has 114 valence electrons. The quantitative estimate of drug-likeness (QED) is 0.792. The van der Waals surface area contributed by atoms with E-state index in [1.807, 2.05) is 0 Å². The van der Waals surface area contributed by atoms with Crippen LogP contribution in [0.1, 0.15) is 29.6 Å². The lowest BCUT2D eigenvalue weighted by molar-refractivity contribution is -0.118. The normalized spacial score (nSPS) is 18.1. The van der Waals surface area contributed by atoms with Crippen LogP contribution in [-0.4, -0.2) is 36.7 Å². The summed E-state index contributed by atoms with van der Waals surface area (Å²) in [6.07, 6.45) is 2.83. The molecule has 1 amide bonds. The summed E-state index contributed by atoms with van der Waals surface area (Å²) in [6, 6.07) is 2.44. The minimum Gasteiger partial charge on any atom is -0.496 e. The monoisotopic (exact) mass is 312 g/mol. The molecule has 1 fully saturated rings. The lowest BCUT2D eigenvalue weighted by atomic mass is 10.0. The van der Waals surface area contributed by atoms with Gasteiger partial charge in [-0.1, -0.05) is 18.0 Å². The highest BCUT2D eigenvalue weighted by Crippen LogP contribution is 2.31. The Kier molecular flexibility index (Phi) is 5.03. The molecule has 1 aromatic carbocycles. The summed E-state index contributed by atoms with van der Waals surface area (Å²) in [4.78, 5) is 23.2. The Labute approximate surface area is 127 Å². The number of rotatable bonds is 4. The molecule has 6 nitrogen and oxygen atoms in total. The highest BCUT2D eigenvalue weighted by atomic mass is 35.5. The molecule has 1 atom stereocenters. The van der Waals surface area contributed by atoms with Gasteiger partial charge >= 0.3 is 5.97 Å². The summed E-state index contributed by atoms with van der Waals surface area (Å²) < 4.78 is 5.02. The van der Waals surface area contributed by atoms with Crippen LogP contribution in [0.5, 0.6) is 5.75 Å². The van der Waals surface area contributed by atoms with E-state index in [9.17, 15) is 9.59 Å². The van der Waals surface area contributed by atoms with E-state index in [1.54, 1.807) is 0 Å². The summed E-state index contributed by atoms with van der Waals surface area (Å²) in [7, 11) is 1.37. The van der Waals surface area contributed by atoms with Crippen molar-refractivity contribution in [3.63, 3.8) is 0 Å². The van der Waals surface area contributed by atoms with E-state index >= 15 is 0 Å². The number of carbonyl (C=O) groups excluding carboxylic acids is 1. The average Bonchev–Trinajstić information content (AvgIpc) is 2.49. The number of anilines is 1. The molecule has 2 rings (SSSR count). The molecule has 21 heavy (non-hydrogen) atoms. The smallest absolute Gasteiger partial charge is 0.339 e. The Morgan fingerprint density at radius 1 is 1.43 bits per heavy atom. The van der Waals surface area contributed by atoms with Crippen molar-refractivity contribution in [1.29, 1.82) is 0 Å². The maximum absolute atomic E-state index is 12.1. The van der Waals surface area contributed by atoms with Crippen LogP contribution in [0.4, 0.5) is 5.69 Å². The van der Waals surface area contributed by atoms with E-state index < -0.39 is 5.97 Å². The van der Waals surface area contributed by atoms with E-state index in [-0.39, 0.29) is 28.3 Å². The van der Waals surface area contributed by atoms with Gasteiger partial charge in [0.2, 0.25) is 5.91 Å². The second-order valence-electron chi connectivity index (χ2n) is 4.83. The Morgan fingerprint density at radius 3 is 2.76 bits per heavy atom. The average molecular weight is 313 g/mol. The van der Waals surface area contributed by atoms with Crippen molar-refractivity contribution >= 4 is 29.2 Å². The number of amides is 1. The van der Waals surface area contributed by atoms with Crippen LogP contribution in [0.3, 0.4) is 0 Å². The molecule has 0 spiro atoms. The first-order valence-electron chi connectivity index (χ1n) is 6.68. The highest BCUT2D eigenvalue weighted by molar-refractivity contribution is 6.34. The van der Waals surface area contributed by atoms with Crippen LogP contribution in [-0.2, 0) is 4.79 Å².